The van der Waals surface area contributed by atoms with E-state index in [4.69, 9.17) is 16.3 Å². The molecule has 0 unspecified atom stereocenters. The number of hydrogen-bond donors (Lipinski definition) is 0. The molecule has 0 fully saturated rings. The lowest BCUT2D eigenvalue weighted by molar-refractivity contribution is 0.473. The van der Waals surface area contributed by atoms with E-state index in [2.05, 4.69) is 27.8 Å². The number of halogens is 2. The fourth-order valence-electron chi connectivity index (χ4n) is 1.77. The second kappa shape index (κ2) is 6.40. The molecule has 2 nitrogen and oxygen atoms in total. The molecule has 0 N–H and O–H groups in total. The van der Waals surface area contributed by atoms with Crippen molar-refractivity contribution in [2.24, 2.45) is 0 Å². The smallest absolute Gasteiger partial charge is 0.148 e. The van der Waals surface area contributed by atoms with Crippen LogP contribution < -0.4 is 4.74 Å². The molecule has 0 atom stereocenters. The van der Waals surface area contributed by atoms with Crippen molar-refractivity contribution in [3.63, 3.8) is 0 Å². The normalized spacial score (nSPS) is 10.5. The van der Waals surface area contributed by atoms with E-state index in [1.54, 1.807) is 0 Å². The Kier molecular flexibility index (Phi) is 4.83. The van der Waals surface area contributed by atoms with Crippen LogP contribution in [0.5, 0.6) is 11.5 Å². The highest BCUT2D eigenvalue weighted by molar-refractivity contribution is 9.08. The van der Waals surface area contributed by atoms with Gasteiger partial charge in [-0.1, -0.05) is 40.5 Å². The van der Waals surface area contributed by atoms with Crippen molar-refractivity contribution in [1.82, 2.24) is 4.98 Å². The van der Waals surface area contributed by atoms with E-state index in [0.717, 1.165) is 34.5 Å². The maximum absolute atomic E-state index is 6.22. The van der Waals surface area contributed by atoms with E-state index in [0.29, 0.717) is 10.8 Å². The van der Waals surface area contributed by atoms with Gasteiger partial charge in [0.1, 0.15) is 11.5 Å². The van der Waals surface area contributed by atoms with Crippen molar-refractivity contribution < 1.29 is 4.74 Å². The highest BCUT2D eigenvalue weighted by Gasteiger charge is 2.08. The molecule has 0 aliphatic heterocycles. The quantitative estimate of drug-likeness (QED) is 0.705. The summed E-state index contributed by atoms with van der Waals surface area (Å²) < 4.78 is 5.88. The van der Waals surface area contributed by atoms with Crippen LogP contribution >= 0.6 is 27.5 Å². The van der Waals surface area contributed by atoms with E-state index in [9.17, 15) is 0 Å². The fourth-order valence-corrected chi connectivity index (χ4v) is 2.36. The first kappa shape index (κ1) is 14.4. The van der Waals surface area contributed by atoms with E-state index in [1.165, 1.54) is 0 Å². The summed E-state index contributed by atoms with van der Waals surface area (Å²) in [5.74, 6) is 1.42. The van der Waals surface area contributed by atoms with Gasteiger partial charge in [0.15, 0.2) is 0 Å². The van der Waals surface area contributed by atoms with Gasteiger partial charge in [-0.15, -0.1) is 0 Å². The summed E-state index contributed by atoms with van der Waals surface area (Å²) in [7, 11) is 0. The third-order valence-corrected chi connectivity index (χ3v) is 3.72. The Morgan fingerprint density at radius 1 is 1.21 bits per heavy atom. The Labute approximate surface area is 126 Å². The minimum atomic E-state index is 0.611. The molecule has 0 saturated heterocycles. The van der Waals surface area contributed by atoms with Crippen LogP contribution in [-0.2, 0) is 11.8 Å². The number of benzene rings is 1. The molecule has 0 radical (unpaired) electrons. The Bertz CT molecular complexity index is 586. The van der Waals surface area contributed by atoms with E-state index in [1.807, 2.05) is 37.3 Å². The van der Waals surface area contributed by atoms with Gasteiger partial charge >= 0.3 is 0 Å². The lowest BCUT2D eigenvalue weighted by Crippen LogP contribution is -1.96. The zero-order chi connectivity index (χ0) is 13.8. The Hall–Kier alpha value is -1.06. The van der Waals surface area contributed by atoms with Gasteiger partial charge in [-0.25, -0.2) is 0 Å². The number of rotatable bonds is 4. The maximum Gasteiger partial charge on any atom is 0.148 e. The summed E-state index contributed by atoms with van der Waals surface area (Å²) in [6.07, 6.45) is 0.827. The number of pyridine rings is 1. The molecule has 1 aromatic carbocycles. The molecule has 0 spiro atoms. The minimum Gasteiger partial charge on any atom is -0.454 e. The molecule has 100 valence electrons. The van der Waals surface area contributed by atoms with Gasteiger partial charge in [-0.05, 0) is 43.2 Å². The number of hydrogen-bond acceptors (Lipinski definition) is 2. The van der Waals surface area contributed by atoms with Crippen LogP contribution in [0.25, 0.3) is 0 Å². The summed E-state index contributed by atoms with van der Waals surface area (Å²) in [5, 5.41) is 1.39. The fraction of sp³-hybridized carbons (Fsp3) is 0.267. The molecule has 0 aliphatic rings. The van der Waals surface area contributed by atoms with Crippen molar-refractivity contribution in [2.75, 3.05) is 0 Å². The highest BCUT2D eigenvalue weighted by atomic mass is 79.9. The van der Waals surface area contributed by atoms with Crippen LogP contribution in [0.15, 0.2) is 30.3 Å². The predicted molar refractivity (Wildman–Crippen MR) is 82.5 cm³/mol. The van der Waals surface area contributed by atoms with Gasteiger partial charge in [0.25, 0.3) is 0 Å². The third kappa shape index (κ3) is 3.48. The highest BCUT2D eigenvalue weighted by Crippen LogP contribution is 2.32. The molecule has 19 heavy (non-hydrogen) atoms. The number of aromatic nitrogens is 1. The second-order valence-corrected chi connectivity index (χ2v) is 5.22. The van der Waals surface area contributed by atoms with Crippen molar-refractivity contribution in [3.05, 3.63) is 52.3 Å². The first-order valence-corrected chi connectivity index (χ1v) is 7.62. The topological polar surface area (TPSA) is 22.1 Å². The molecule has 1 heterocycles. The molecule has 0 amide bonds. The third-order valence-electron chi connectivity index (χ3n) is 2.78. The van der Waals surface area contributed by atoms with Gasteiger partial charge in [0.2, 0.25) is 0 Å². The van der Waals surface area contributed by atoms with Crippen molar-refractivity contribution in [2.45, 2.75) is 25.6 Å². The van der Waals surface area contributed by atoms with Gasteiger partial charge < -0.3 is 4.74 Å². The molecule has 2 aromatic rings. The second-order valence-electron chi connectivity index (χ2n) is 4.25. The van der Waals surface area contributed by atoms with E-state index in [-0.39, 0.29) is 0 Å². The molecular weight excluding hydrogens is 326 g/mol. The molecule has 4 heteroatoms. The average Bonchev–Trinajstić information content (AvgIpc) is 2.42. The van der Waals surface area contributed by atoms with Crippen LogP contribution in [0.1, 0.15) is 23.9 Å². The Morgan fingerprint density at radius 2 is 1.95 bits per heavy atom. The number of ether oxygens (including phenoxy) is 1. The Morgan fingerprint density at radius 3 is 2.58 bits per heavy atom. The van der Waals surface area contributed by atoms with Gasteiger partial charge in [-0.3, -0.25) is 4.98 Å². The molecule has 0 saturated carbocycles. The molecule has 2 rings (SSSR count). The number of aryl methyl sites for hydroxylation is 2. The van der Waals surface area contributed by atoms with Gasteiger partial charge in [0, 0.05) is 11.0 Å². The van der Waals surface area contributed by atoms with E-state index < -0.39 is 0 Å². The van der Waals surface area contributed by atoms with Gasteiger partial charge in [0.05, 0.1) is 10.7 Å². The number of alkyl halides is 1. The predicted octanol–water partition coefficient (Wildman–Crippen LogP) is 5.29. The van der Waals surface area contributed by atoms with Crippen LogP contribution in [0.2, 0.25) is 5.02 Å². The summed E-state index contributed by atoms with van der Waals surface area (Å²) in [5.41, 5.74) is 3.06. The summed E-state index contributed by atoms with van der Waals surface area (Å²) in [6.45, 7) is 4.03. The SMILES string of the molecule is CCc1nc(C)ccc1Oc1ccc(CBr)cc1Cl. The first-order valence-electron chi connectivity index (χ1n) is 6.12. The first-order chi connectivity index (χ1) is 9.13. The molecular formula is C15H15BrClNO. The maximum atomic E-state index is 6.22. The summed E-state index contributed by atoms with van der Waals surface area (Å²) >= 11 is 9.62. The lowest BCUT2D eigenvalue weighted by atomic mass is 10.2. The van der Waals surface area contributed by atoms with Crippen molar-refractivity contribution in [1.29, 1.82) is 0 Å². The molecule has 1 aromatic heterocycles. The summed E-state index contributed by atoms with van der Waals surface area (Å²) in [6, 6.07) is 9.66. The lowest BCUT2D eigenvalue weighted by Gasteiger charge is -2.11. The molecule has 0 bridgehead atoms. The largest absolute Gasteiger partial charge is 0.454 e. The number of nitrogens with zero attached hydrogens (tertiary/aromatic N) is 1. The average molecular weight is 341 g/mol. The zero-order valence-corrected chi connectivity index (χ0v) is 13.3. The van der Waals surface area contributed by atoms with Crippen LogP contribution in [0, 0.1) is 6.92 Å². The van der Waals surface area contributed by atoms with E-state index >= 15 is 0 Å². The molecule has 0 aliphatic carbocycles. The zero-order valence-electron chi connectivity index (χ0n) is 10.9. The van der Waals surface area contributed by atoms with Crippen LogP contribution in [0.3, 0.4) is 0 Å². The van der Waals surface area contributed by atoms with Crippen molar-refractivity contribution >= 4 is 27.5 Å². The minimum absolute atomic E-state index is 0.611. The standard InChI is InChI=1S/C15H15BrClNO/c1-3-13-15(6-4-10(2)18-13)19-14-7-5-11(9-16)8-12(14)17/h4-8H,3,9H2,1-2H3. The van der Waals surface area contributed by atoms with Gasteiger partial charge in [-0.2, -0.15) is 0 Å². The van der Waals surface area contributed by atoms with Crippen LogP contribution in [0.4, 0.5) is 0 Å². The Balaban J connectivity index is 2.31. The van der Waals surface area contributed by atoms with Crippen molar-refractivity contribution in [3.8, 4) is 11.5 Å². The monoisotopic (exact) mass is 339 g/mol. The summed E-state index contributed by atoms with van der Waals surface area (Å²) in [4.78, 5) is 4.48. The van der Waals surface area contributed by atoms with Crippen LogP contribution in [-0.4, -0.2) is 4.98 Å².